The Balaban J connectivity index is 2.47. The first-order valence-electron chi connectivity index (χ1n) is 6.68. The SMILES string of the molecule is COCCC(C)(C)CNCC(O)c1cc(F)ccc1F. The number of rotatable bonds is 8. The van der Waals surface area contributed by atoms with Crippen molar-refractivity contribution in [3.05, 3.63) is 35.4 Å². The van der Waals surface area contributed by atoms with E-state index in [9.17, 15) is 13.9 Å². The molecule has 0 fully saturated rings. The molecule has 0 saturated heterocycles. The molecule has 1 aromatic carbocycles. The van der Waals surface area contributed by atoms with E-state index >= 15 is 0 Å². The molecular weight excluding hydrogens is 264 g/mol. The first kappa shape index (κ1) is 17.0. The molecule has 0 amide bonds. The monoisotopic (exact) mass is 287 g/mol. The molecule has 0 aliphatic heterocycles. The Morgan fingerprint density at radius 1 is 1.35 bits per heavy atom. The third-order valence-electron chi connectivity index (χ3n) is 3.24. The van der Waals surface area contributed by atoms with Gasteiger partial charge in [-0.15, -0.1) is 0 Å². The second-order valence-corrected chi connectivity index (χ2v) is 5.72. The highest BCUT2D eigenvalue weighted by molar-refractivity contribution is 5.21. The Bertz CT molecular complexity index is 424. The molecule has 1 aromatic rings. The van der Waals surface area contributed by atoms with Crippen molar-refractivity contribution in [3.8, 4) is 0 Å². The van der Waals surface area contributed by atoms with Gasteiger partial charge in [-0.3, -0.25) is 0 Å². The number of benzene rings is 1. The van der Waals surface area contributed by atoms with Gasteiger partial charge < -0.3 is 15.2 Å². The van der Waals surface area contributed by atoms with E-state index in [-0.39, 0.29) is 17.5 Å². The van der Waals surface area contributed by atoms with Crippen molar-refractivity contribution in [2.45, 2.75) is 26.4 Å². The Kier molecular flexibility index (Phi) is 6.52. The maximum Gasteiger partial charge on any atom is 0.129 e. The minimum absolute atomic E-state index is 0.0101. The molecule has 2 N–H and O–H groups in total. The first-order chi connectivity index (χ1) is 9.35. The van der Waals surface area contributed by atoms with Crippen LogP contribution in [-0.4, -0.2) is 31.9 Å². The van der Waals surface area contributed by atoms with Crippen LogP contribution in [0.3, 0.4) is 0 Å². The average Bonchev–Trinajstić information content (AvgIpc) is 2.39. The van der Waals surface area contributed by atoms with Gasteiger partial charge in [0.2, 0.25) is 0 Å². The Morgan fingerprint density at radius 2 is 2.05 bits per heavy atom. The van der Waals surface area contributed by atoms with Gasteiger partial charge in [0.25, 0.3) is 0 Å². The number of aliphatic hydroxyl groups is 1. The minimum Gasteiger partial charge on any atom is -0.387 e. The van der Waals surface area contributed by atoms with Crippen LogP contribution in [0.2, 0.25) is 0 Å². The summed E-state index contributed by atoms with van der Waals surface area (Å²) in [7, 11) is 1.65. The molecule has 0 heterocycles. The van der Waals surface area contributed by atoms with Crippen molar-refractivity contribution in [1.29, 1.82) is 0 Å². The van der Waals surface area contributed by atoms with Crippen LogP contribution in [0.5, 0.6) is 0 Å². The van der Waals surface area contributed by atoms with Crippen LogP contribution in [0.25, 0.3) is 0 Å². The fraction of sp³-hybridized carbons (Fsp3) is 0.600. The second kappa shape index (κ2) is 7.67. The lowest BCUT2D eigenvalue weighted by molar-refractivity contribution is 0.139. The van der Waals surface area contributed by atoms with E-state index in [4.69, 9.17) is 4.74 Å². The largest absolute Gasteiger partial charge is 0.387 e. The minimum atomic E-state index is -1.07. The lowest BCUT2D eigenvalue weighted by Crippen LogP contribution is -2.33. The second-order valence-electron chi connectivity index (χ2n) is 5.72. The highest BCUT2D eigenvalue weighted by atomic mass is 19.1. The van der Waals surface area contributed by atoms with Crippen LogP contribution >= 0.6 is 0 Å². The van der Waals surface area contributed by atoms with Crippen LogP contribution in [0.15, 0.2) is 18.2 Å². The average molecular weight is 287 g/mol. The predicted molar refractivity (Wildman–Crippen MR) is 74.5 cm³/mol. The lowest BCUT2D eigenvalue weighted by atomic mass is 9.89. The Morgan fingerprint density at radius 3 is 2.70 bits per heavy atom. The smallest absolute Gasteiger partial charge is 0.129 e. The molecule has 1 unspecified atom stereocenters. The topological polar surface area (TPSA) is 41.5 Å². The van der Waals surface area contributed by atoms with Crippen molar-refractivity contribution in [3.63, 3.8) is 0 Å². The normalized spacial score (nSPS) is 13.5. The van der Waals surface area contributed by atoms with E-state index in [1.165, 1.54) is 0 Å². The molecule has 0 bridgehead atoms. The van der Waals surface area contributed by atoms with E-state index in [0.29, 0.717) is 13.2 Å². The van der Waals surface area contributed by atoms with Crippen molar-refractivity contribution in [2.24, 2.45) is 5.41 Å². The highest BCUT2D eigenvalue weighted by Gasteiger charge is 2.19. The fourth-order valence-electron chi connectivity index (χ4n) is 1.89. The molecule has 5 heteroatoms. The molecular formula is C15H23F2NO2. The Hall–Kier alpha value is -1.04. The van der Waals surface area contributed by atoms with E-state index in [2.05, 4.69) is 19.2 Å². The van der Waals surface area contributed by atoms with Gasteiger partial charge in [0.05, 0.1) is 6.10 Å². The highest BCUT2D eigenvalue weighted by Crippen LogP contribution is 2.20. The van der Waals surface area contributed by atoms with E-state index in [1.807, 2.05) is 0 Å². The number of nitrogens with one attached hydrogen (secondary N) is 1. The number of hydrogen-bond acceptors (Lipinski definition) is 3. The molecule has 0 radical (unpaired) electrons. The summed E-state index contributed by atoms with van der Waals surface area (Å²) in [6.07, 6.45) is -0.190. The van der Waals surface area contributed by atoms with Gasteiger partial charge in [0.15, 0.2) is 0 Å². The van der Waals surface area contributed by atoms with Crippen LogP contribution in [0.1, 0.15) is 31.9 Å². The fourth-order valence-corrected chi connectivity index (χ4v) is 1.89. The van der Waals surface area contributed by atoms with Gasteiger partial charge in [0.1, 0.15) is 11.6 Å². The quantitative estimate of drug-likeness (QED) is 0.772. The van der Waals surface area contributed by atoms with Crippen molar-refractivity contribution < 1.29 is 18.6 Å². The van der Waals surface area contributed by atoms with E-state index < -0.39 is 17.7 Å². The summed E-state index contributed by atoms with van der Waals surface area (Å²) in [5.74, 6) is -1.15. The summed E-state index contributed by atoms with van der Waals surface area (Å²) < 4.78 is 31.6. The van der Waals surface area contributed by atoms with Crippen molar-refractivity contribution in [1.82, 2.24) is 5.32 Å². The van der Waals surface area contributed by atoms with Gasteiger partial charge >= 0.3 is 0 Å². The zero-order chi connectivity index (χ0) is 15.2. The van der Waals surface area contributed by atoms with Gasteiger partial charge in [0, 0.05) is 32.4 Å². The number of hydrogen-bond donors (Lipinski definition) is 2. The predicted octanol–water partition coefficient (Wildman–Crippen LogP) is 2.65. The molecule has 0 aliphatic carbocycles. The summed E-state index contributed by atoms with van der Waals surface area (Å²) in [5, 5.41) is 13.0. The number of aliphatic hydroxyl groups excluding tert-OH is 1. The molecule has 0 aromatic heterocycles. The molecule has 0 spiro atoms. The summed E-state index contributed by atoms with van der Waals surface area (Å²) in [6.45, 7) is 5.65. The van der Waals surface area contributed by atoms with Crippen LogP contribution < -0.4 is 5.32 Å². The van der Waals surface area contributed by atoms with Crippen molar-refractivity contribution in [2.75, 3.05) is 26.8 Å². The molecule has 0 aliphatic rings. The maximum atomic E-state index is 13.5. The number of ether oxygens (including phenoxy) is 1. The Labute approximate surface area is 119 Å². The lowest BCUT2D eigenvalue weighted by Gasteiger charge is -2.25. The van der Waals surface area contributed by atoms with Gasteiger partial charge in [-0.05, 0) is 30.0 Å². The maximum absolute atomic E-state index is 13.5. The number of halogens is 2. The zero-order valence-corrected chi connectivity index (χ0v) is 12.2. The van der Waals surface area contributed by atoms with Gasteiger partial charge in [-0.2, -0.15) is 0 Å². The summed E-state index contributed by atoms with van der Waals surface area (Å²) >= 11 is 0. The molecule has 3 nitrogen and oxygen atoms in total. The van der Waals surface area contributed by atoms with Crippen LogP contribution in [-0.2, 0) is 4.74 Å². The van der Waals surface area contributed by atoms with Gasteiger partial charge in [-0.25, -0.2) is 8.78 Å². The molecule has 1 rings (SSSR count). The van der Waals surface area contributed by atoms with Crippen LogP contribution in [0, 0.1) is 17.0 Å². The summed E-state index contributed by atoms with van der Waals surface area (Å²) in [4.78, 5) is 0. The molecule has 1 atom stereocenters. The first-order valence-corrected chi connectivity index (χ1v) is 6.68. The van der Waals surface area contributed by atoms with Crippen molar-refractivity contribution >= 4 is 0 Å². The molecule has 0 saturated carbocycles. The van der Waals surface area contributed by atoms with E-state index in [0.717, 1.165) is 24.6 Å². The van der Waals surface area contributed by atoms with E-state index in [1.54, 1.807) is 7.11 Å². The van der Waals surface area contributed by atoms with Crippen LogP contribution in [0.4, 0.5) is 8.78 Å². The molecule has 114 valence electrons. The summed E-state index contributed by atoms with van der Waals surface area (Å²) in [5.41, 5.74) is -0.0110. The standard InChI is InChI=1S/C15H23F2NO2/c1-15(2,6-7-20-3)10-18-9-14(19)12-8-11(16)4-5-13(12)17/h4-5,8,14,18-19H,6-7,9-10H2,1-3H3. The third-order valence-corrected chi connectivity index (χ3v) is 3.24. The summed E-state index contributed by atoms with van der Waals surface area (Å²) in [6, 6.07) is 3.08. The van der Waals surface area contributed by atoms with Gasteiger partial charge in [-0.1, -0.05) is 13.8 Å². The third kappa shape index (κ3) is 5.53. The number of methoxy groups -OCH3 is 1. The zero-order valence-electron chi connectivity index (χ0n) is 12.2. The molecule has 20 heavy (non-hydrogen) atoms.